The molecule has 5 heteroatoms. The van der Waals surface area contributed by atoms with Gasteiger partial charge < -0.3 is 15.1 Å². The molecule has 0 atom stereocenters. The molecular weight excluding hydrogens is 276 g/mol. The van der Waals surface area contributed by atoms with E-state index < -0.39 is 0 Å². The number of hydrogen-bond donors (Lipinski definition) is 1. The maximum Gasteiger partial charge on any atom is 0.238 e. The van der Waals surface area contributed by atoms with Gasteiger partial charge in [0.05, 0.1) is 6.54 Å². The van der Waals surface area contributed by atoms with Crippen LogP contribution in [0.1, 0.15) is 13.8 Å². The minimum Gasteiger partial charge on any atom is -0.369 e. The van der Waals surface area contributed by atoms with Crippen LogP contribution < -0.4 is 10.2 Å². The van der Waals surface area contributed by atoms with Crippen molar-refractivity contribution < 1.29 is 4.79 Å². The summed E-state index contributed by atoms with van der Waals surface area (Å²) in [4.78, 5) is 18.8. The van der Waals surface area contributed by atoms with Crippen LogP contribution in [-0.2, 0) is 4.79 Å². The minimum atomic E-state index is 0.0519. The highest BCUT2D eigenvalue weighted by Crippen LogP contribution is 2.19. The number of carbonyl (C=O) groups is 1. The molecule has 1 aromatic carbocycles. The third kappa shape index (κ3) is 4.71. The number of carbonyl (C=O) groups excluding carboxylic acids is 1. The largest absolute Gasteiger partial charge is 0.369 e. The number of likely N-dealkylation sites (N-methyl/N-ethyl adjacent to an activating group) is 2. The average molecular weight is 304 g/mol. The molecule has 1 aliphatic heterocycles. The number of anilines is 2. The maximum atomic E-state index is 12.0. The SMILES string of the molecule is CCN(CC)CC(=O)Nc1ccc(N2CCN(C)CC2)cc1. The summed E-state index contributed by atoms with van der Waals surface area (Å²) in [5.41, 5.74) is 2.10. The van der Waals surface area contributed by atoms with Crippen LogP contribution in [0.15, 0.2) is 24.3 Å². The standard InChI is InChI=1S/C17H28N4O/c1-4-20(5-2)14-17(22)18-15-6-8-16(9-7-15)21-12-10-19(3)11-13-21/h6-9H,4-5,10-14H2,1-3H3,(H,18,22). The Kier molecular flexibility index (Phi) is 6.21. The number of amides is 1. The van der Waals surface area contributed by atoms with E-state index in [0.29, 0.717) is 6.54 Å². The van der Waals surface area contributed by atoms with Crippen molar-refractivity contribution in [3.63, 3.8) is 0 Å². The van der Waals surface area contributed by atoms with Crippen LogP contribution in [-0.4, -0.2) is 68.6 Å². The topological polar surface area (TPSA) is 38.8 Å². The molecule has 0 spiro atoms. The monoisotopic (exact) mass is 304 g/mol. The Hall–Kier alpha value is -1.59. The number of nitrogens with one attached hydrogen (secondary N) is 1. The Bertz CT molecular complexity index is 462. The lowest BCUT2D eigenvalue weighted by Gasteiger charge is -2.34. The Morgan fingerprint density at radius 1 is 1.09 bits per heavy atom. The van der Waals surface area contributed by atoms with Gasteiger partial charge in [-0.05, 0) is 44.4 Å². The second-order valence-electron chi connectivity index (χ2n) is 5.85. The molecule has 1 heterocycles. The van der Waals surface area contributed by atoms with E-state index in [2.05, 4.69) is 53.0 Å². The van der Waals surface area contributed by atoms with E-state index in [-0.39, 0.29) is 5.91 Å². The smallest absolute Gasteiger partial charge is 0.238 e. The van der Waals surface area contributed by atoms with E-state index in [1.54, 1.807) is 0 Å². The molecule has 1 aromatic rings. The van der Waals surface area contributed by atoms with E-state index in [1.807, 2.05) is 12.1 Å². The van der Waals surface area contributed by atoms with E-state index in [4.69, 9.17) is 0 Å². The molecule has 0 bridgehead atoms. The van der Waals surface area contributed by atoms with Gasteiger partial charge in [0, 0.05) is 37.6 Å². The fourth-order valence-electron chi connectivity index (χ4n) is 2.67. The van der Waals surface area contributed by atoms with Gasteiger partial charge in [-0.1, -0.05) is 13.8 Å². The zero-order valence-electron chi connectivity index (χ0n) is 14.0. The number of nitrogens with zero attached hydrogens (tertiary/aromatic N) is 3. The lowest BCUT2D eigenvalue weighted by atomic mass is 10.2. The van der Waals surface area contributed by atoms with Crippen molar-refractivity contribution in [2.24, 2.45) is 0 Å². The normalized spacial score (nSPS) is 16.1. The van der Waals surface area contributed by atoms with Crippen molar-refractivity contribution in [3.8, 4) is 0 Å². The van der Waals surface area contributed by atoms with Crippen LogP contribution in [0.4, 0.5) is 11.4 Å². The molecule has 0 radical (unpaired) electrons. The van der Waals surface area contributed by atoms with Crippen LogP contribution in [0.2, 0.25) is 0 Å². The number of piperazine rings is 1. The Morgan fingerprint density at radius 2 is 1.68 bits per heavy atom. The zero-order valence-corrected chi connectivity index (χ0v) is 14.0. The van der Waals surface area contributed by atoms with E-state index in [1.165, 1.54) is 5.69 Å². The van der Waals surface area contributed by atoms with Gasteiger partial charge in [-0.25, -0.2) is 0 Å². The highest BCUT2D eigenvalue weighted by molar-refractivity contribution is 5.92. The third-order valence-electron chi connectivity index (χ3n) is 4.28. The quantitative estimate of drug-likeness (QED) is 0.868. The second-order valence-corrected chi connectivity index (χ2v) is 5.85. The highest BCUT2D eigenvalue weighted by Gasteiger charge is 2.14. The molecular formula is C17H28N4O. The molecule has 1 N–H and O–H groups in total. The summed E-state index contributed by atoms with van der Waals surface area (Å²) in [6.07, 6.45) is 0. The van der Waals surface area contributed by atoms with Gasteiger partial charge in [0.1, 0.15) is 0 Å². The number of hydrogen-bond acceptors (Lipinski definition) is 4. The highest BCUT2D eigenvalue weighted by atomic mass is 16.2. The number of benzene rings is 1. The zero-order chi connectivity index (χ0) is 15.9. The van der Waals surface area contributed by atoms with E-state index in [0.717, 1.165) is 45.0 Å². The molecule has 1 saturated heterocycles. The fraction of sp³-hybridized carbons (Fsp3) is 0.588. The fourth-order valence-corrected chi connectivity index (χ4v) is 2.67. The van der Waals surface area contributed by atoms with Crippen molar-refractivity contribution in [1.29, 1.82) is 0 Å². The second kappa shape index (κ2) is 8.15. The van der Waals surface area contributed by atoms with Crippen molar-refractivity contribution in [2.75, 3.05) is 63.1 Å². The van der Waals surface area contributed by atoms with Crippen molar-refractivity contribution in [1.82, 2.24) is 9.80 Å². The predicted octanol–water partition coefficient (Wildman–Crippen LogP) is 1.72. The summed E-state index contributed by atoms with van der Waals surface area (Å²) < 4.78 is 0. The Balaban J connectivity index is 1.87. The first-order valence-corrected chi connectivity index (χ1v) is 8.18. The molecule has 122 valence electrons. The summed E-state index contributed by atoms with van der Waals surface area (Å²) in [6, 6.07) is 8.18. The van der Waals surface area contributed by atoms with Crippen LogP contribution in [0.3, 0.4) is 0 Å². The van der Waals surface area contributed by atoms with Gasteiger partial charge in [0.15, 0.2) is 0 Å². The van der Waals surface area contributed by atoms with E-state index >= 15 is 0 Å². The first kappa shape index (κ1) is 16.8. The Morgan fingerprint density at radius 3 is 2.23 bits per heavy atom. The van der Waals surface area contributed by atoms with Gasteiger partial charge in [0.2, 0.25) is 5.91 Å². The molecule has 1 amide bonds. The van der Waals surface area contributed by atoms with Crippen LogP contribution in [0.25, 0.3) is 0 Å². The average Bonchev–Trinajstić information content (AvgIpc) is 2.54. The first-order chi connectivity index (χ1) is 10.6. The lowest BCUT2D eigenvalue weighted by Crippen LogP contribution is -2.44. The van der Waals surface area contributed by atoms with E-state index in [9.17, 15) is 4.79 Å². The molecule has 0 aliphatic carbocycles. The number of rotatable bonds is 6. The van der Waals surface area contributed by atoms with Gasteiger partial charge in [0.25, 0.3) is 0 Å². The summed E-state index contributed by atoms with van der Waals surface area (Å²) in [5, 5.41) is 2.97. The maximum absolute atomic E-state index is 12.0. The van der Waals surface area contributed by atoms with Crippen molar-refractivity contribution in [3.05, 3.63) is 24.3 Å². The van der Waals surface area contributed by atoms with Gasteiger partial charge in [-0.2, -0.15) is 0 Å². The third-order valence-corrected chi connectivity index (χ3v) is 4.28. The Labute approximate surface area is 133 Å². The molecule has 2 rings (SSSR count). The van der Waals surface area contributed by atoms with Gasteiger partial charge in [-0.15, -0.1) is 0 Å². The van der Waals surface area contributed by atoms with Gasteiger partial charge >= 0.3 is 0 Å². The van der Waals surface area contributed by atoms with Crippen molar-refractivity contribution in [2.45, 2.75) is 13.8 Å². The summed E-state index contributed by atoms with van der Waals surface area (Å²) in [5.74, 6) is 0.0519. The summed E-state index contributed by atoms with van der Waals surface area (Å²) in [7, 11) is 2.16. The molecule has 0 unspecified atom stereocenters. The first-order valence-electron chi connectivity index (χ1n) is 8.18. The minimum absolute atomic E-state index is 0.0519. The lowest BCUT2D eigenvalue weighted by molar-refractivity contribution is -0.117. The van der Waals surface area contributed by atoms with Crippen LogP contribution >= 0.6 is 0 Å². The predicted molar refractivity (Wildman–Crippen MR) is 92.6 cm³/mol. The van der Waals surface area contributed by atoms with Crippen LogP contribution in [0.5, 0.6) is 0 Å². The molecule has 1 aliphatic rings. The summed E-state index contributed by atoms with van der Waals surface area (Å²) >= 11 is 0. The van der Waals surface area contributed by atoms with Crippen LogP contribution in [0, 0.1) is 0 Å². The van der Waals surface area contributed by atoms with Gasteiger partial charge in [-0.3, -0.25) is 9.69 Å². The molecule has 22 heavy (non-hydrogen) atoms. The molecule has 0 saturated carbocycles. The van der Waals surface area contributed by atoms with Crippen molar-refractivity contribution >= 4 is 17.3 Å². The molecule has 0 aromatic heterocycles. The summed E-state index contributed by atoms with van der Waals surface area (Å²) in [6.45, 7) is 10.7. The molecule has 1 fully saturated rings. The molecule has 5 nitrogen and oxygen atoms in total.